The van der Waals surface area contributed by atoms with Crippen molar-refractivity contribution in [2.75, 3.05) is 11.5 Å². The minimum atomic E-state index is -0.0230. The molecule has 0 aliphatic rings. The van der Waals surface area contributed by atoms with Gasteiger partial charge in [-0.1, -0.05) is 0 Å². The van der Waals surface area contributed by atoms with E-state index in [-0.39, 0.29) is 37.8 Å². The fraction of sp³-hybridized carbons (Fsp3) is 0. The first-order valence-corrected chi connectivity index (χ1v) is 15.9. The Balaban J connectivity index is 1.55. The standard InChI is InChI=1S/C26H20N2O2Se2/c27-21-13-11-19(25(29)17-7-3-1-4-8-17)15-23(21)31-32-24-16-20(12-14-22(24)28)26(30)18-9-5-2-6-10-18/h1-16H,27-28H2. The average Bonchev–Trinajstić information content (AvgIpc) is 2.84. The molecule has 32 heavy (non-hydrogen) atoms. The first-order valence-electron chi connectivity index (χ1n) is 9.86. The molecule has 0 radical (unpaired) electrons. The molecule has 0 fully saturated rings. The second-order valence-corrected chi connectivity index (χ2v) is 13.2. The number of ketones is 2. The van der Waals surface area contributed by atoms with Gasteiger partial charge in [-0.2, -0.15) is 0 Å². The number of benzene rings is 4. The topological polar surface area (TPSA) is 86.2 Å². The molecule has 0 unspecified atom stereocenters. The summed E-state index contributed by atoms with van der Waals surface area (Å²) in [5.41, 5.74) is 16.3. The molecule has 6 heteroatoms. The van der Waals surface area contributed by atoms with Gasteiger partial charge in [-0.25, -0.2) is 0 Å². The van der Waals surface area contributed by atoms with Crippen LogP contribution < -0.4 is 20.4 Å². The van der Waals surface area contributed by atoms with E-state index in [1.807, 2.05) is 72.8 Å². The van der Waals surface area contributed by atoms with Crippen molar-refractivity contribution in [2.45, 2.75) is 0 Å². The maximum absolute atomic E-state index is 12.8. The van der Waals surface area contributed by atoms with Crippen molar-refractivity contribution in [1.82, 2.24) is 0 Å². The zero-order valence-corrected chi connectivity index (χ0v) is 20.5. The quantitative estimate of drug-likeness (QED) is 0.211. The van der Waals surface area contributed by atoms with E-state index < -0.39 is 0 Å². The van der Waals surface area contributed by atoms with E-state index >= 15 is 0 Å². The molecule has 0 aliphatic carbocycles. The van der Waals surface area contributed by atoms with Crippen LogP contribution in [0, 0.1) is 0 Å². The van der Waals surface area contributed by atoms with E-state index in [4.69, 9.17) is 11.5 Å². The number of nitrogen functional groups attached to an aromatic ring is 2. The summed E-state index contributed by atoms with van der Waals surface area (Å²) in [6.07, 6.45) is 0. The molecule has 4 rings (SSSR count). The predicted molar refractivity (Wildman–Crippen MR) is 132 cm³/mol. The van der Waals surface area contributed by atoms with Crippen LogP contribution in [-0.4, -0.2) is 37.8 Å². The molecular formula is C26H20N2O2Se2. The Labute approximate surface area is 197 Å². The molecule has 0 aliphatic heterocycles. The molecule has 4 N–H and O–H groups in total. The van der Waals surface area contributed by atoms with Crippen LogP contribution in [0.1, 0.15) is 31.8 Å². The van der Waals surface area contributed by atoms with E-state index in [9.17, 15) is 9.59 Å². The van der Waals surface area contributed by atoms with Crippen molar-refractivity contribution in [3.63, 3.8) is 0 Å². The van der Waals surface area contributed by atoms with Crippen LogP contribution in [0.2, 0.25) is 0 Å². The van der Waals surface area contributed by atoms with Crippen LogP contribution in [-0.2, 0) is 0 Å². The Morgan fingerprint density at radius 3 is 1.25 bits per heavy atom. The van der Waals surface area contributed by atoms with Gasteiger partial charge < -0.3 is 0 Å². The fourth-order valence-corrected chi connectivity index (χ4v) is 10.0. The molecule has 0 bridgehead atoms. The summed E-state index contributed by atoms with van der Waals surface area (Å²) in [5.74, 6) is -0.0461. The van der Waals surface area contributed by atoms with Crippen molar-refractivity contribution >= 4 is 58.1 Å². The van der Waals surface area contributed by atoms with Gasteiger partial charge in [0.15, 0.2) is 0 Å². The Morgan fingerprint density at radius 1 is 0.500 bits per heavy atom. The summed E-state index contributed by atoms with van der Waals surface area (Å²) in [7, 11) is 0. The number of hydrogen-bond acceptors (Lipinski definition) is 4. The van der Waals surface area contributed by atoms with Crippen LogP contribution in [0.4, 0.5) is 11.4 Å². The van der Waals surface area contributed by atoms with Gasteiger partial charge in [-0.05, 0) is 0 Å². The second-order valence-electron chi connectivity index (χ2n) is 7.06. The third-order valence-electron chi connectivity index (χ3n) is 4.84. The van der Waals surface area contributed by atoms with E-state index in [0.29, 0.717) is 33.6 Å². The van der Waals surface area contributed by atoms with Crippen molar-refractivity contribution in [2.24, 2.45) is 0 Å². The summed E-state index contributed by atoms with van der Waals surface area (Å²) in [4.78, 5) is 25.6. The number of carbonyl (C=O) groups excluding carboxylic acids is 2. The molecule has 0 saturated heterocycles. The molecule has 0 aromatic heterocycles. The third kappa shape index (κ3) is 5.01. The number of carbonyl (C=O) groups is 2. The Hall–Kier alpha value is -3.14. The molecule has 0 atom stereocenters. The van der Waals surface area contributed by atoms with Gasteiger partial charge in [-0.3, -0.25) is 0 Å². The van der Waals surface area contributed by atoms with E-state index in [1.165, 1.54) is 0 Å². The summed E-state index contributed by atoms with van der Waals surface area (Å²) in [6.45, 7) is 0. The van der Waals surface area contributed by atoms with Crippen LogP contribution >= 0.6 is 0 Å². The Kier molecular flexibility index (Phi) is 6.89. The van der Waals surface area contributed by atoms with Gasteiger partial charge in [0, 0.05) is 0 Å². The number of hydrogen-bond donors (Lipinski definition) is 2. The predicted octanol–water partition coefficient (Wildman–Crippen LogP) is 2.59. The molecule has 4 aromatic carbocycles. The fourth-order valence-electron chi connectivity index (χ4n) is 3.10. The van der Waals surface area contributed by atoms with Gasteiger partial charge in [0.05, 0.1) is 0 Å². The first-order chi connectivity index (χ1) is 15.5. The van der Waals surface area contributed by atoms with Gasteiger partial charge in [0.25, 0.3) is 0 Å². The number of nitrogens with two attached hydrogens (primary N) is 2. The van der Waals surface area contributed by atoms with E-state index in [0.717, 1.165) is 8.92 Å². The molecule has 4 nitrogen and oxygen atoms in total. The van der Waals surface area contributed by atoms with Crippen LogP contribution in [0.25, 0.3) is 0 Å². The molecule has 158 valence electrons. The normalized spacial score (nSPS) is 10.6. The summed E-state index contributed by atoms with van der Waals surface area (Å²) >= 11 is 0.0131. The number of anilines is 2. The minimum absolute atomic E-state index is 0.00655. The van der Waals surface area contributed by atoms with Crippen molar-refractivity contribution in [3.05, 3.63) is 119 Å². The molecule has 0 amide bonds. The third-order valence-corrected chi connectivity index (χ3v) is 12.1. The molecule has 0 spiro atoms. The van der Waals surface area contributed by atoms with E-state index in [2.05, 4.69) is 0 Å². The zero-order chi connectivity index (χ0) is 22.5. The summed E-state index contributed by atoms with van der Waals surface area (Å²) in [5, 5.41) is 0. The Morgan fingerprint density at radius 2 is 0.875 bits per heavy atom. The Bertz CT molecular complexity index is 1170. The van der Waals surface area contributed by atoms with Crippen LogP contribution in [0.3, 0.4) is 0 Å². The van der Waals surface area contributed by atoms with Crippen molar-refractivity contribution in [1.29, 1.82) is 0 Å². The van der Waals surface area contributed by atoms with Crippen LogP contribution in [0.5, 0.6) is 0 Å². The first kappa shape index (κ1) is 22.1. The summed E-state index contributed by atoms with van der Waals surface area (Å²) in [6, 6.07) is 29.3. The van der Waals surface area contributed by atoms with Crippen molar-refractivity contribution in [3.8, 4) is 0 Å². The van der Waals surface area contributed by atoms with Gasteiger partial charge in [0.2, 0.25) is 0 Å². The monoisotopic (exact) mass is 552 g/mol. The molecular weight excluding hydrogens is 530 g/mol. The molecule has 4 aromatic rings. The summed E-state index contributed by atoms with van der Waals surface area (Å²) < 4.78 is 1.94. The van der Waals surface area contributed by atoms with Crippen molar-refractivity contribution < 1.29 is 9.59 Å². The molecule has 0 saturated carbocycles. The van der Waals surface area contributed by atoms with Crippen LogP contribution in [0.15, 0.2) is 97.1 Å². The van der Waals surface area contributed by atoms with Gasteiger partial charge in [-0.15, -0.1) is 0 Å². The van der Waals surface area contributed by atoms with Gasteiger partial charge >= 0.3 is 198 Å². The number of rotatable bonds is 7. The average molecular weight is 550 g/mol. The zero-order valence-electron chi connectivity index (χ0n) is 17.0. The molecule has 0 heterocycles. The SMILES string of the molecule is Nc1ccc(C(=O)c2ccccc2)cc1[Se][Se]c1cc(C(=O)c2ccccc2)ccc1N. The van der Waals surface area contributed by atoms with E-state index in [1.54, 1.807) is 24.3 Å². The maximum atomic E-state index is 12.8. The second kappa shape index (κ2) is 9.99. The van der Waals surface area contributed by atoms with Gasteiger partial charge in [0.1, 0.15) is 0 Å².